The van der Waals surface area contributed by atoms with E-state index in [1.165, 1.54) is 135 Å². The number of rotatable bonds is 53. The van der Waals surface area contributed by atoms with E-state index in [-0.39, 0.29) is 32.6 Å². The van der Waals surface area contributed by atoms with Gasteiger partial charge in [-0.15, -0.1) is 0 Å². The summed E-state index contributed by atoms with van der Waals surface area (Å²) < 4.78 is 33.0. The van der Waals surface area contributed by atoms with Crippen molar-refractivity contribution < 1.29 is 37.6 Å². The van der Waals surface area contributed by atoms with Crippen molar-refractivity contribution in [3.05, 3.63) is 97.2 Å². The Morgan fingerprint density at radius 3 is 1.18 bits per heavy atom. The number of nitrogens with two attached hydrogens (primary N) is 1. The van der Waals surface area contributed by atoms with Crippen LogP contribution < -0.4 is 5.73 Å². The maximum atomic E-state index is 12.7. The molecule has 10 heteroatoms. The second-order valence-corrected chi connectivity index (χ2v) is 20.2. The molecule has 0 rings (SSSR count). The van der Waals surface area contributed by atoms with Gasteiger partial charge in [0.2, 0.25) is 0 Å². The Labute approximate surface area is 436 Å². The van der Waals surface area contributed by atoms with Crippen LogP contribution in [0.3, 0.4) is 0 Å². The summed E-state index contributed by atoms with van der Waals surface area (Å²) in [5, 5.41) is 0. The quantitative estimate of drug-likeness (QED) is 0.0264. The van der Waals surface area contributed by atoms with Crippen LogP contribution in [0, 0.1) is 0 Å². The number of phosphoric acid groups is 1. The van der Waals surface area contributed by atoms with Gasteiger partial charge in [-0.1, -0.05) is 233 Å². The predicted octanol–water partition coefficient (Wildman–Crippen LogP) is 18.1. The molecule has 3 N–H and O–H groups in total. The number of ether oxygens (including phenoxy) is 2. The van der Waals surface area contributed by atoms with E-state index in [1.807, 2.05) is 0 Å². The van der Waals surface area contributed by atoms with Crippen LogP contribution in [0.1, 0.15) is 245 Å². The highest BCUT2D eigenvalue weighted by Gasteiger charge is 2.26. The number of phosphoric ester groups is 1. The van der Waals surface area contributed by atoms with Crippen LogP contribution in [0.15, 0.2) is 97.2 Å². The van der Waals surface area contributed by atoms with Crippen LogP contribution in [-0.4, -0.2) is 49.3 Å². The molecule has 408 valence electrons. The van der Waals surface area contributed by atoms with Crippen molar-refractivity contribution in [1.82, 2.24) is 0 Å². The highest BCUT2D eigenvalue weighted by atomic mass is 31.2. The maximum absolute atomic E-state index is 12.7. The van der Waals surface area contributed by atoms with Gasteiger partial charge < -0.3 is 20.1 Å². The van der Waals surface area contributed by atoms with E-state index in [1.54, 1.807) is 0 Å². The van der Waals surface area contributed by atoms with E-state index in [9.17, 15) is 19.0 Å². The van der Waals surface area contributed by atoms with Gasteiger partial charge in [-0.25, -0.2) is 4.57 Å². The van der Waals surface area contributed by atoms with Crippen molar-refractivity contribution in [1.29, 1.82) is 0 Å². The molecule has 0 aliphatic heterocycles. The second kappa shape index (κ2) is 56.2. The minimum absolute atomic E-state index is 0.0419. The van der Waals surface area contributed by atoms with E-state index >= 15 is 0 Å². The van der Waals surface area contributed by atoms with Crippen LogP contribution in [0.25, 0.3) is 0 Å². The third kappa shape index (κ3) is 56.1. The molecule has 0 aromatic rings. The molecule has 0 aromatic heterocycles. The summed E-state index contributed by atoms with van der Waals surface area (Å²) in [6.45, 7) is 3.57. The Kier molecular flexibility index (Phi) is 53.8. The first-order valence-corrected chi connectivity index (χ1v) is 30.2. The minimum atomic E-state index is -4.40. The summed E-state index contributed by atoms with van der Waals surface area (Å²) in [5.41, 5.74) is 5.37. The second-order valence-electron chi connectivity index (χ2n) is 18.8. The van der Waals surface area contributed by atoms with Gasteiger partial charge >= 0.3 is 19.8 Å². The van der Waals surface area contributed by atoms with Gasteiger partial charge in [-0.2, -0.15) is 0 Å². The predicted molar refractivity (Wildman–Crippen MR) is 302 cm³/mol. The number of esters is 2. The average Bonchev–Trinajstić information content (AvgIpc) is 3.36. The lowest BCUT2D eigenvalue weighted by atomic mass is 10.0. The van der Waals surface area contributed by atoms with Gasteiger partial charge in [-0.3, -0.25) is 18.6 Å². The molecule has 0 saturated carbocycles. The van der Waals surface area contributed by atoms with Gasteiger partial charge in [-0.05, 0) is 96.3 Å². The third-order valence-corrected chi connectivity index (χ3v) is 12.9. The maximum Gasteiger partial charge on any atom is 0.472 e. The average molecular weight is 1010 g/mol. The number of carbonyl (C=O) groups excluding carboxylic acids is 2. The van der Waals surface area contributed by atoms with E-state index < -0.39 is 32.5 Å². The standard InChI is InChI=1S/C61H106NO8P/c1-3-5-7-9-11-13-15-17-19-21-23-25-26-27-28-29-30-31-32-34-35-37-39-41-43-45-47-49-51-53-60(63)67-57-59(58-69-71(65,66)68-56-55-62)70-61(64)54-52-50-48-46-44-42-40-38-36-33-24-22-20-18-16-14-12-10-8-6-4-2/h6,8,12,14-15,17-18,20-21,23-24,33,38,40,44,46,59H,3-5,7,9-11,13,16,19,22,25-32,34-37,39,41-43,45,47-58,62H2,1-2H3,(H,65,66)/b8-6-,14-12-,17-15-,20-18-,23-21-,33-24-,40-38-,46-44-. The zero-order valence-electron chi connectivity index (χ0n) is 45.4. The Morgan fingerprint density at radius 1 is 0.437 bits per heavy atom. The Hall–Kier alpha value is -3.07. The number of allylic oxidation sites excluding steroid dienone is 16. The first kappa shape index (κ1) is 67.9. The Balaban J connectivity index is 4.02. The van der Waals surface area contributed by atoms with Crippen LogP contribution in [0.4, 0.5) is 0 Å². The molecule has 0 amide bonds. The molecule has 0 radical (unpaired) electrons. The number of carbonyl (C=O) groups is 2. The minimum Gasteiger partial charge on any atom is -0.462 e. The molecule has 0 bridgehead atoms. The zero-order valence-corrected chi connectivity index (χ0v) is 46.3. The summed E-state index contributed by atoms with van der Waals surface area (Å²) in [6.07, 6.45) is 74.7. The molecule has 2 atom stereocenters. The summed E-state index contributed by atoms with van der Waals surface area (Å²) in [7, 11) is -4.40. The fraction of sp³-hybridized carbons (Fsp3) is 0.705. The zero-order chi connectivity index (χ0) is 51.7. The lowest BCUT2D eigenvalue weighted by Crippen LogP contribution is -2.29. The van der Waals surface area contributed by atoms with E-state index in [4.69, 9.17) is 24.3 Å². The van der Waals surface area contributed by atoms with Gasteiger partial charge in [0.15, 0.2) is 6.10 Å². The third-order valence-electron chi connectivity index (χ3n) is 12.0. The van der Waals surface area contributed by atoms with Crippen molar-refractivity contribution in [2.75, 3.05) is 26.4 Å². The Bertz CT molecular complexity index is 1480. The highest BCUT2D eigenvalue weighted by Crippen LogP contribution is 2.43. The Morgan fingerprint density at radius 2 is 0.775 bits per heavy atom. The van der Waals surface area contributed by atoms with Crippen LogP contribution in [0.5, 0.6) is 0 Å². The van der Waals surface area contributed by atoms with Crippen molar-refractivity contribution in [2.24, 2.45) is 5.73 Å². The molecule has 0 heterocycles. The first-order valence-electron chi connectivity index (χ1n) is 28.7. The van der Waals surface area contributed by atoms with Gasteiger partial charge in [0, 0.05) is 19.4 Å². The van der Waals surface area contributed by atoms with Crippen LogP contribution in [0.2, 0.25) is 0 Å². The van der Waals surface area contributed by atoms with Crippen molar-refractivity contribution >= 4 is 19.8 Å². The lowest BCUT2D eigenvalue weighted by Gasteiger charge is -2.19. The SMILES string of the molecule is CC/C=C\C/C=C\C/C=C\C/C=C\C/C=C\C/C=C\CCCCC(=O)OC(COC(=O)CCCCCCCCCCCCCCCCCCC/C=C\C/C=C\CCCCCCC)COP(=O)(O)OCCN. The summed E-state index contributed by atoms with van der Waals surface area (Å²) in [5.74, 6) is -0.879. The molecule has 0 aliphatic carbocycles. The fourth-order valence-corrected chi connectivity index (χ4v) is 8.49. The van der Waals surface area contributed by atoms with Gasteiger partial charge in [0.25, 0.3) is 0 Å². The van der Waals surface area contributed by atoms with E-state index in [0.717, 1.165) is 77.0 Å². The molecule has 0 aromatic carbocycles. The summed E-state index contributed by atoms with van der Waals surface area (Å²) >= 11 is 0. The van der Waals surface area contributed by atoms with Gasteiger partial charge in [0.05, 0.1) is 13.2 Å². The molecular formula is C61H106NO8P. The molecule has 2 unspecified atom stereocenters. The monoisotopic (exact) mass is 1010 g/mol. The first-order chi connectivity index (χ1) is 34.8. The highest BCUT2D eigenvalue weighted by molar-refractivity contribution is 7.47. The summed E-state index contributed by atoms with van der Waals surface area (Å²) in [6, 6.07) is 0. The molecule has 0 spiro atoms. The largest absolute Gasteiger partial charge is 0.472 e. The van der Waals surface area contributed by atoms with E-state index in [2.05, 4.69) is 111 Å². The summed E-state index contributed by atoms with van der Waals surface area (Å²) in [4.78, 5) is 35.1. The number of hydrogen-bond acceptors (Lipinski definition) is 8. The molecular weight excluding hydrogens is 906 g/mol. The lowest BCUT2D eigenvalue weighted by molar-refractivity contribution is -0.161. The molecule has 9 nitrogen and oxygen atoms in total. The van der Waals surface area contributed by atoms with Crippen molar-refractivity contribution in [3.63, 3.8) is 0 Å². The number of hydrogen-bond donors (Lipinski definition) is 2. The molecule has 71 heavy (non-hydrogen) atoms. The van der Waals surface area contributed by atoms with Gasteiger partial charge in [0.1, 0.15) is 6.61 Å². The topological polar surface area (TPSA) is 134 Å². The van der Waals surface area contributed by atoms with E-state index in [0.29, 0.717) is 6.42 Å². The molecule has 0 fully saturated rings. The normalized spacial score (nSPS) is 13.8. The van der Waals surface area contributed by atoms with Crippen molar-refractivity contribution in [3.8, 4) is 0 Å². The molecule has 0 saturated heterocycles. The fourth-order valence-electron chi connectivity index (χ4n) is 7.73. The van der Waals surface area contributed by atoms with Crippen LogP contribution >= 0.6 is 7.82 Å². The molecule has 0 aliphatic rings. The van der Waals surface area contributed by atoms with Crippen LogP contribution in [-0.2, 0) is 32.7 Å². The van der Waals surface area contributed by atoms with Crippen molar-refractivity contribution in [2.45, 2.75) is 251 Å². The smallest absolute Gasteiger partial charge is 0.462 e. The number of unbranched alkanes of at least 4 members (excludes halogenated alkanes) is 24.